The minimum atomic E-state index is -0.473. The number of nitrogens with one attached hydrogen (secondary N) is 1. The summed E-state index contributed by atoms with van der Waals surface area (Å²) in [4.78, 5) is 13.4. The molecule has 0 saturated heterocycles. The van der Waals surface area contributed by atoms with Crippen LogP contribution < -0.4 is 16.0 Å². The highest BCUT2D eigenvalue weighted by atomic mass is 32.1. The van der Waals surface area contributed by atoms with Crippen LogP contribution in [-0.2, 0) is 4.79 Å². The van der Waals surface area contributed by atoms with E-state index in [0.29, 0.717) is 11.7 Å². The maximum atomic E-state index is 13.7. The highest BCUT2D eigenvalue weighted by Crippen LogP contribution is 2.22. The second-order valence-electron chi connectivity index (χ2n) is 4.70. The van der Waals surface area contributed by atoms with Crippen LogP contribution in [0.15, 0.2) is 18.2 Å². The van der Waals surface area contributed by atoms with Gasteiger partial charge in [0.25, 0.3) is 0 Å². The normalized spacial score (nSPS) is 14.0. The number of likely N-dealkylation sites (N-methyl/N-ethyl adjacent to an activating group) is 1. The molecule has 1 aromatic rings. The SMILES string of the molecule is CN(CC(=O)NC1CC1)c1cccc(F)c1C(N)=S. The standard InChI is InChI=1S/C13H16FN3OS/c1-17(7-11(18)16-8-5-6-8)10-4-2-3-9(14)12(10)13(15)19/h2-4,8H,5-7H2,1H3,(H2,15,19)(H,16,18). The molecule has 102 valence electrons. The number of anilines is 1. The highest BCUT2D eigenvalue weighted by molar-refractivity contribution is 7.80. The zero-order valence-corrected chi connectivity index (χ0v) is 11.5. The van der Waals surface area contributed by atoms with E-state index in [2.05, 4.69) is 5.32 Å². The highest BCUT2D eigenvalue weighted by Gasteiger charge is 2.24. The van der Waals surface area contributed by atoms with E-state index >= 15 is 0 Å². The third-order valence-electron chi connectivity index (χ3n) is 2.97. The van der Waals surface area contributed by atoms with Crippen molar-refractivity contribution in [3.05, 3.63) is 29.6 Å². The fourth-order valence-corrected chi connectivity index (χ4v) is 2.08. The summed E-state index contributed by atoms with van der Waals surface area (Å²) in [6.07, 6.45) is 2.07. The van der Waals surface area contributed by atoms with Crippen molar-refractivity contribution in [1.29, 1.82) is 0 Å². The van der Waals surface area contributed by atoms with E-state index in [0.717, 1.165) is 12.8 Å². The molecule has 1 aliphatic carbocycles. The van der Waals surface area contributed by atoms with E-state index < -0.39 is 5.82 Å². The van der Waals surface area contributed by atoms with Gasteiger partial charge >= 0.3 is 0 Å². The summed E-state index contributed by atoms with van der Waals surface area (Å²) in [6.45, 7) is 0.148. The van der Waals surface area contributed by atoms with Gasteiger partial charge in [0.15, 0.2) is 0 Å². The number of benzene rings is 1. The van der Waals surface area contributed by atoms with Crippen LogP contribution >= 0.6 is 12.2 Å². The van der Waals surface area contributed by atoms with Crippen molar-refractivity contribution in [2.24, 2.45) is 5.73 Å². The number of amides is 1. The Balaban J connectivity index is 2.13. The predicted molar refractivity (Wildman–Crippen MR) is 76.7 cm³/mol. The number of halogens is 1. The third kappa shape index (κ3) is 3.41. The Morgan fingerprint density at radius 3 is 2.84 bits per heavy atom. The van der Waals surface area contributed by atoms with Crippen molar-refractivity contribution in [2.45, 2.75) is 18.9 Å². The summed E-state index contributed by atoms with van der Waals surface area (Å²) < 4.78 is 13.7. The van der Waals surface area contributed by atoms with Crippen molar-refractivity contribution in [2.75, 3.05) is 18.5 Å². The second-order valence-corrected chi connectivity index (χ2v) is 5.14. The number of rotatable bonds is 5. The molecule has 2 rings (SSSR count). The largest absolute Gasteiger partial charge is 0.389 e. The molecule has 6 heteroatoms. The Morgan fingerprint density at radius 1 is 1.58 bits per heavy atom. The quantitative estimate of drug-likeness (QED) is 0.796. The van der Waals surface area contributed by atoms with Gasteiger partial charge in [0.2, 0.25) is 5.91 Å². The molecule has 1 amide bonds. The molecule has 0 heterocycles. The van der Waals surface area contributed by atoms with Crippen LogP contribution in [0, 0.1) is 5.82 Å². The van der Waals surface area contributed by atoms with Gasteiger partial charge in [0.1, 0.15) is 10.8 Å². The van der Waals surface area contributed by atoms with Gasteiger partial charge in [0.05, 0.1) is 17.8 Å². The van der Waals surface area contributed by atoms with Crippen LogP contribution in [0.25, 0.3) is 0 Å². The van der Waals surface area contributed by atoms with Gasteiger partial charge in [-0.15, -0.1) is 0 Å². The molecule has 1 aromatic carbocycles. The lowest BCUT2D eigenvalue weighted by molar-refractivity contribution is -0.119. The zero-order valence-electron chi connectivity index (χ0n) is 10.6. The smallest absolute Gasteiger partial charge is 0.239 e. The number of carbonyl (C=O) groups is 1. The van der Waals surface area contributed by atoms with Gasteiger partial charge in [-0.3, -0.25) is 4.79 Å². The molecule has 0 bridgehead atoms. The van der Waals surface area contributed by atoms with E-state index in [1.54, 1.807) is 24.1 Å². The minimum absolute atomic E-state index is 0.0115. The van der Waals surface area contributed by atoms with E-state index in [1.165, 1.54) is 6.07 Å². The van der Waals surface area contributed by atoms with E-state index in [9.17, 15) is 9.18 Å². The summed E-state index contributed by atoms with van der Waals surface area (Å²) >= 11 is 4.86. The van der Waals surface area contributed by atoms with Crippen molar-refractivity contribution in [1.82, 2.24) is 5.32 Å². The number of nitrogens with zero attached hydrogens (tertiary/aromatic N) is 1. The van der Waals surface area contributed by atoms with E-state index in [-0.39, 0.29) is 23.0 Å². The lowest BCUT2D eigenvalue weighted by atomic mass is 10.1. The van der Waals surface area contributed by atoms with Crippen LogP contribution in [0.3, 0.4) is 0 Å². The zero-order chi connectivity index (χ0) is 14.0. The summed E-state index contributed by atoms with van der Waals surface area (Å²) in [5, 5.41) is 2.88. The van der Waals surface area contributed by atoms with Crippen LogP contribution in [0.4, 0.5) is 10.1 Å². The first-order valence-corrected chi connectivity index (χ1v) is 6.48. The van der Waals surface area contributed by atoms with Crippen LogP contribution in [0.5, 0.6) is 0 Å². The number of thiocarbonyl (C=S) groups is 1. The Morgan fingerprint density at radius 2 is 2.26 bits per heavy atom. The average Bonchev–Trinajstić information content (AvgIpc) is 3.11. The molecule has 1 aliphatic rings. The molecule has 19 heavy (non-hydrogen) atoms. The molecular weight excluding hydrogens is 265 g/mol. The van der Waals surface area contributed by atoms with Gasteiger partial charge in [0, 0.05) is 13.1 Å². The Kier molecular flexibility index (Phi) is 3.99. The maximum absolute atomic E-state index is 13.7. The van der Waals surface area contributed by atoms with Crippen LogP contribution in [0.2, 0.25) is 0 Å². The maximum Gasteiger partial charge on any atom is 0.239 e. The van der Waals surface area contributed by atoms with Gasteiger partial charge in [-0.1, -0.05) is 18.3 Å². The molecule has 4 nitrogen and oxygen atoms in total. The fraction of sp³-hybridized carbons (Fsp3) is 0.385. The molecular formula is C13H16FN3OS. The Labute approximate surface area is 116 Å². The summed E-state index contributed by atoms with van der Waals surface area (Å²) in [6, 6.07) is 4.88. The molecule has 0 spiro atoms. The molecule has 0 aromatic heterocycles. The first kappa shape index (κ1) is 13.7. The molecule has 0 unspecified atom stereocenters. The van der Waals surface area contributed by atoms with Gasteiger partial charge in [-0.25, -0.2) is 4.39 Å². The molecule has 1 fully saturated rings. The van der Waals surface area contributed by atoms with Gasteiger partial charge in [-0.05, 0) is 25.0 Å². The summed E-state index contributed by atoms with van der Waals surface area (Å²) in [7, 11) is 1.71. The van der Waals surface area contributed by atoms with Crippen molar-refractivity contribution < 1.29 is 9.18 Å². The number of hydrogen-bond acceptors (Lipinski definition) is 3. The average molecular weight is 281 g/mol. The first-order valence-electron chi connectivity index (χ1n) is 6.08. The molecule has 3 N–H and O–H groups in total. The van der Waals surface area contributed by atoms with Crippen molar-refractivity contribution >= 4 is 28.8 Å². The molecule has 0 radical (unpaired) electrons. The summed E-state index contributed by atoms with van der Waals surface area (Å²) in [5.74, 6) is -0.553. The third-order valence-corrected chi connectivity index (χ3v) is 3.18. The number of hydrogen-bond donors (Lipinski definition) is 2. The molecule has 1 saturated carbocycles. The van der Waals surface area contributed by atoms with Crippen molar-refractivity contribution in [3.8, 4) is 0 Å². The van der Waals surface area contributed by atoms with Gasteiger partial charge < -0.3 is 16.0 Å². The van der Waals surface area contributed by atoms with Crippen LogP contribution in [0.1, 0.15) is 18.4 Å². The van der Waals surface area contributed by atoms with Gasteiger partial charge in [-0.2, -0.15) is 0 Å². The topological polar surface area (TPSA) is 58.4 Å². The van der Waals surface area contributed by atoms with E-state index in [4.69, 9.17) is 18.0 Å². The lowest BCUT2D eigenvalue weighted by Gasteiger charge is -2.21. The molecule has 0 atom stereocenters. The Hall–Kier alpha value is -1.69. The second kappa shape index (κ2) is 5.52. The van der Waals surface area contributed by atoms with E-state index in [1.807, 2.05) is 0 Å². The minimum Gasteiger partial charge on any atom is -0.389 e. The van der Waals surface area contributed by atoms with Crippen molar-refractivity contribution in [3.63, 3.8) is 0 Å². The predicted octanol–water partition coefficient (Wildman–Crippen LogP) is 1.17. The monoisotopic (exact) mass is 281 g/mol. The number of nitrogens with two attached hydrogens (primary N) is 1. The fourth-order valence-electron chi connectivity index (χ4n) is 1.88. The Bertz CT molecular complexity index is 517. The number of carbonyl (C=O) groups excluding carboxylic acids is 1. The molecule has 0 aliphatic heterocycles. The first-order chi connectivity index (χ1) is 8.99. The lowest BCUT2D eigenvalue weighted by Crippen LogP contribution is -2.37. The van der Waals surface area contributed by atoms with Crippen LogP contribution in [-0.4, -0.2) is 30.5 Å². The summed E-state index contributed by atoms with van der Waals surface area (Å²) in [5.41, 5.74) is 6.25.